The summed E-state index contributed by atoms with van der Waals surface area (Å²) >= 11 is 3.40. The highest BCUT2D eigenvalue weighted by Crippen LogP contribution is 2.46. The molecule has 1 fully saturated rings. The van der Waals surface area contributed by atoms with Crippen molar-refractivity contribution in [1.29, 1.82) is 0 Å². The van der Waals surface area contributed by atoms with Crippen molar-refractivity contribution in [3.05, 3.63) is 34.3 Å². The van der Waals surface area contributed by atoms with Crippen LogP contribution in [0.1, 0.15) is 25.3 Å². The Hall–Kier alpha value is -0.390. The van der Waals surface area contributed by atoms with Gasteiger partial charge in [0.15, 0.2) is 0 Å². The number of nitrogens with one attached hydrogen (secondary N) is 1. The molecule has 1 aromatic carbocycles. The Balaban J connectivity index is 2.27. The summed E-state index contributed by atoms with van der Waals surface area (Å²) in [4.78, 5) is 0. The summed E-state index contributed by atoms with van der Waals surface area (Å²) in [6.45, 7) is 1.65. The normalized spacial score (nSPS) is 18.4. The molecular formula is C11H14BrNO2S. The fourth-order valence-electron chi connectivity index (χ4n) is 1.73. The zero-order valence-electron chi connectivity index (χ0n) is 9.03. The summed E-state index contributed by atoms with van der Waals surface area (Å²) in [5.41, 5.74) is 0.692. The summed E-state index contributed by atoms with van der Waals surface area (Å²) in [6, 6.07) is 7.81. The maximum atomic E-state index is 11.6. The number of halogens is 1. The van der Waals surface area contributed by atoms with Gasteiger partial charge in [-0.25, -0.2) is 13.1 Å². The molecule has 0 aromatic heterocycles. The van der Waals surface area contributed by atoms with E-state index in [1.54, 1.807) is 6.92 Å². The molecule has 16 heavy (non-hydrogen) atoms. The van der Waals surface area contributed by atoms with Gasteiger partial charge >= 0.3 is 0 Å². The van der Waals surface area contributed by atoms with Crippen LogP contribution >= 0.6 is 15.9 Å². The smallest absolute Gasteiger partial charge is 0.212 e. The van der Waals surface area contributed by atoms with E-state index in [9.17, 15) is 8.42 Å². The molecule has 1 aromatic rings. The average Bonchev–Trinajstić information content (AvgIpc) is 2.98. The fraction of sp³-hybridized carbons (Fsp3) is 0.455. The molecule has 0 bridgehead atoms. The molecule has 5 heteroatoms. The van der Waals surface area contributed by atoms with Crippen LogP contribution in [-0.2, 0) is 15.6 Å². The molecule has 1 aliphatic carbocycles. The van der Waals surface area contributed by atoms with E-state index in [4.69, 9.17) is 0 Å². The van der Waals surface area contributed by atoms with Crippen molar-refractivity contribution in [2.24, 2.45) is 0 Å². The quantitative estimate of drug-likeness (QED) is 0.928. The molecule has 0 atom stereocenters. The Bertz CT molecular complexity index is 494. The van der Waals surface area contributed by atoms with Crippen LogP contribution in [0.3, 0.4) is 0 Å². The van der Waals surface area contributed by atoms with Crippen LogP contribution < -0.4 is 4.72 Å². The number of hydrogen-bond acceptors (Lipinski definition) is 2. The third-order valence-corrected chi connectivity index (χ3v) is 4.81. The molecule has 0 radical (unpaired) electrons. The van der Waals surface area contributed by atoms with Gasteiger partial charge in [0.05, 0.1) is 11.3 Å². The van der Waals surface area contributed by atoms with Crippen LogP contribution in [0.25, 0.3) is 0 Å². The maximum Gasteiger partial charge on any atom is 0.212 e. The molecule has 0 heterocycles. The number of hydrogen-bond donors (Lipinski definition) is 1. The average molecular weight is 304 g/mol. The van der Waals surface area contributed by atoms with Crippen LogP contribution in [0.2, 0.25) is 0 Å². The van der Waals surface area contributed by atoms with E-state index >= 15 is 0 Å². The first-order chi connectivity index (χ1) is 7.47. The lowest BCUT2D eigenvalue weighted by Crippen LogP contribution is -2.35. The van der Waals surface area contributed by atoms with Gasteiger partial charge in [0.25, 0.3) is 0 Å². The highest BCUT2D eigenvalue weighted by molar-refractivity contribution is 9.10. The Morgan fingerprint density at radius 3 is 2.62 bits per heavy atom. The van der Waals surface area contributed by atoms with Gasteiger partial charge in [-0.3, -0.25) is 0 Å². The fourth-order valence-corrected chi connectivity index (χ4v) is 3.19. The summed E-state index contributed by atoms with van der Waals surface area (Å²) in [7, 11) is -3.14. The zero-order chi connectivity index (χ0) is 11.8. The molecule has 88 valence electrons. The minimum Gasteiger partial charge on any atom is -0.212 e. The largest absolute Gasteiger partial charge is 0.212 e. The Kier molecular flexibility index (Phi) is 3.11. The molecule has 0 spiro atoms. The molecule has 1 saturated carbocycles. The predicted octanol–water partition coefficient (Wildman–Crippen LogP) is 2.38. The molecular weight excluding hydrogens is 290 g/mol. The van der Waals surface area contributed by atoms with E-state index in [0.717, 1.165) is 22.9 Å². The van der Waals surface area contributed by atoms with Crippen molar-refractivity contribution in [2.75, 3.05) is 5.75 Å². The third kappa shape index (κ3) is 2.47. The van der Waals surface area contributed by atoms with E-state index in [0.29, 0.717) is 0 Å². The molecule has 1 N–H and O–H groups in total. The molecule has 0 aliphatic heterocycles. The number of rotatable bonds is 4. The molecule has 2 rings (SSSR count). The minimum atomic E-state index is -3.14. The lowest BCUT2D eigenvalue weighted by Gasteiger charge is -2.17. The van der Waals surface area contributed by atoms with Gasteiger partial charge in [-0.15, -0.1) is 0 Å². The summed E-state index contributed by atoms with van der Waals surface area (Å²) in [5, 5.41) is 0. The minimum absolute atomic E-state index is 0.128. The standard InChI is InChI=1S/C11H14BrNO2S/c1-2-16(14,15)13-11(6-7-11)9-4-3-5-10(12)8-9/h3-5,8,13H,2,6-7H2,1H3. The van der Waals surface area contributed by atoms with Gasteiger partial charge in [-0.1, -0.05) is 28.1 Å². The highest BCUT2D eigenvalue weighted by Gasteiger charge is 2.46. The van der Waals surface area contributed by atoms with Gasteiger partial charge in [0, 0.05) is 4.47 Å². The maximum absolute atomic E-state index is 11.6. The van der Waals surface area contributed by atoms with Gasteiger partial charge < -0.3 is 0 Å². The van der Waals surface area contributed by atoms with Crippen molar-refractivity contribution >= 4 is 26.0 Å². The van der Waals surface area contributed by atoms with Crippen LogP contribution in [0.5, 0.6) is 0 Å². The summed E-state index contributed by atoms with van der Waals surface area (Å²) in [5.74, 6) is 0.128. The van der Waals surface area contributed by atoms with Gasteiger partial charge in [-0.05, 0) is 37.5 Å². The molecule has 1 aliphatic rings. The van der Waals surface area contributed by atoms with Crippen LogP contribution in [0.4, 0.5) is 0 Å². The van der Waals surface area contributed by atoms with Crippen LogP contribution in [0, 0.1) is 0 Å². The van der Waals surface area contributed by atoms with Crippen LogP contribution in [-0.4, -0.2) is 14.2 Å². The lowest BCUT2D eigenvalue weighted by molar-refractivity contribution is 0.553. The first-order valence-corrected chi connectivity index (χ1v) is 7.70. The Labute approximate surface area is 104 Å². The second-order valence-corrected chi connectivity index (χ2v) is 7.02. The van der Waals surface area contributed by atoms with Crippen molar-refractivity contribution in [3.63, 3.8) is 0 Å². The SMILES string of the molecule is CCS(=O)(=O)NC1(c2cccc(Br)c2)CC1. The van der Waals surface area contributed by atoms with E-state index < -0.39 is 10.0 Å². The lowest BCUT2D eigenvalue weighted by atomic mass is 10.1. The topological polar surface area (TPSA) is 46.2 Å². The summed E-state index contributed by atoms with van der Waals surface area (Å²) < 4.78 is 26.9. The van der Waals surface area contributed by atoms with E-state index in [1.807, 2.05) is 24.3 Å². The van der Waals surface area contributed by atoms with E-state index in [2.05, 4.69) is 20.7 Å². The highest BCUT2D eigenvalue weighted by atomic mass is 79.9. The Morgan fingerprint density at radius 1 is 1.44 bits per heavy atom. The number of benzene rings is 1. The van der Waals surface area contributed by atoms with Crippen molar-refractivity contribution in [3.8, 4) is 0 Å². The Morgan fingerprint density at radius 2 is 2.12 bits per heavy atom. The molecule has 0 amide bonds. The van der Waals surface area contributed by atoms with Gasteiger partial charge in [-0.2, -0.15) is 0 Å². The molecule has 0 unspecified atom stereocenters. The van der Waals surface area contributed by atoms with E-state index in [1.165, 1.54) is 0 Å². The first kappa shape index (κ1) is 12.1. The number of sulfonamides is 1. The van der Waals surface area contributed by atoms with Gasteiger partial charge in [0.1, 0.15) is 0 Å². The monoisotopic (exact) mass is 303 g/mol. The first-order valence-electron chi connectivity index (χ1n) is 5.25. The second-order valence-electron chi connectivity index (χ2n) is 4.10. The summed E-state index contributed by atoms with van der Waals surface area (Å²) in [6.07, 6.45) is 1.76. The molecule has 0 saturated heterocycles. The van der Waals surface area contributed by atoms with Crippen molar-refractivity contribution in [2.45, 2.75) is 25.3 Å². The molecule has 3 nitrogen and oxygen atoms in total. The third-order valence-electron chi connectivity index (χ3n) is 2.86. The van der Waals surface area contributed by atoms with Crippen LogP contribution in [0.15, 0.2) is 28.7 Å². The predicted molar refractivity (Wildman–Crippen MR) is 67.7 cm³/mol. The van der Waals surface area contributed by atoms with E-state index in [-0.39, 0.29) is 11.3 Å². The van der Waals surface area contributed by atoms with Gasteiger partial charge in [0.2, 0.25) is 10.0 Å². The van der Waals surface area contributed by atoms with Crippen molar-refractivity contribution in [1.82, 2.24) is 4.72 Å². The van der Waals surface area contributed by atoms with Crippen molar-refractivity contribution < 1.29 is 8.42 Å². The zero-order valence-corrected chi connectivity index (χ0v) is 11.4. The second kappa shape index (κ2) is 4.13.